The van der Waals surface area contributed by atoms with Gasteiger partial charge in [-0.3, -0.25) is 15.1 Å². The lowest BCUT2D eigenvalue weighted by Gasteiger charge is -2.37. The summed E-state index contributed by atoms with van der Waals surface area (Å²) in [5.41, 5.74) is 0.790. The van der Waals surface area contributed by atoms with Gasteiger partial charge in [-0.05, 0) is 47.1 Å². The number of hydrogen-bond donors (Lipinski definition) is 0. The maximum Gasteiger partial charge on any atom is 0.311 e. The third-order valence-electron chi connectivity index (χ3n) is 5.14. The van der Waals surface area contributed by atoms with E-state index in [4.69, 9.17) is 4.43 Å². The van der Waals surface area contributed by atoms with Crippen molar-refractivity contribution < 1.29 is 9.35 Å². The first-order chi connectivity index (χ1) is 11.0. The van der Waals surface area contributed by atoms with Gasteiger partial charge in [-0.2, -0.15) is 0 Å². The first-order valence-corrected chi connectivity index (χ1v) is 12.2. The van der Waals surface area contributed by atoms with Crippen LogP contribution in [0.3, 0.4) is 0 Å². The van der Waals surface area contributed by atoms with Gasteiger partial charge in [0.1, 0.15) is 11.9 Å². The normalized spacial score (nSPS) is 18.9. The molecule has 0 aliphatic carbocycles. The first-order valence-electron chi connectivity index (χ1n) is 8.20. The van der Waals surface area contributed by atoms with Crippen molar-refractivity contribution in [2.75, 3.05) is 24.6 Å². The van der Waals surface area contributed by atoms with Gasteiger partial charge in [0.05, 0.1) is 8.49 Å². The fourth-order valence-electron chi connectivity index (χ4n) is 2.58. The zero-order valence-electron chi connectivity index (χ0n) is 15.0. The fraction of sp³-hybridized carbons (Fsp3) is 0.688. The van der Waals surface area contributed by atoms with Crippen LogP contribution in [0.2, 0.25) is 18.1 Å². The molecule has 1 aliphatic rings. The average molecular weight is 463 g/mol. The molecule has 1 aromatic heterocycles. The molecule has 0 bridgehead atoms. The Morgan fingerprint density at radius 1 is 1.46 bits per heavy atom. The molecule has 6 nitrogen and oxygen atoms in total. The van der Waals surface area contributed by atoms with Crippen molar-refractivity contribution >= 4 is 42.3 Å². The van der Waals surface area contributed by atoms with Crippen molar-refractivity contribution in [1.82, 2.24) is 4.98 Å². The van der Waals surface area contributed by atoms with E-state index in [1.807, 2.05) is 0 Å². The molecule has 0 spiro atoms. The zero-order valence-corrected chi connectivity index (χ0v) is 18.2. The summed E-state index contributed by atoms with van der Waals surface area (Å²) in [5.74, 6) is 0.419. The van der Waals surface area contributed by atoms with Gasteiger partial charge in [0.15, 0.2) is 8.32 Å². The largest absolute Gasteiger partial charge is 0.416 e. The molecule has 2 rings (SSSR count). The summed E-state index contributed by atoms with van der Waals surface area (Å²) in [6.07, 6.45) is 4.03. The Balaban J connectivity index is 2.06. The molecule has 0 saturated carbocycles. The van der Waals surface area contributed by atoms with Crippen LogP contribution in [0.5, 0.6) is 0 Å². The van der Waals surface area contributed by atoms with Crippen LogP contribution in [0.25, 0.3) is 0 Å². The standard InChI is InChI=1S/C16H26IN3O3Si/c1-16(2,3)24(4,5)23-11-12-6-7-19(10-12)15-13(17)8-18-9-14(15)20(21)22/h8-9,12H,6-7,10-11H2,1-5H3/t12-/m0/s1. The summed E-state index contributed by atoms with van der Waals surface area (Å²) < 4.78 is 7.16. The Kier molecular flexibility index (Phi) is 5.91. The van der Waals surface area contributed by atoms with Crippen molar-refractivity contribution in [3.8, 4) is 0 Å². The van der Waals surface area contributed by atoms with Crippen LogP contribution in [0.4, 0.5) is 11.4 Å². The third-order valence-corrected chi connectivity index (χ3v) is 10.4. The van der Waals surface area contributed by atoms with Crippen molar-refractivity contribution in [2.24, 2.45) is 5.92 Å². The van der Waals surface area contributed by atoms with Gasteiger partial charge in [0, 0.05) is 31.8 Å². The number of aromatic nitrogens is 1. The van der Waals surface area contributed by atoms with E-state index in [-0.39, 0.29) is 15.6 Å². The minimum Gasteiger partial charge on any atom is -0.416 e. The topological polar surface area (TPSA) is 68.5 Å². The third kappa shape index (κ3) is 4.26. The van der Waals surface area contributed by atoms with Gasteiger partial charge in [-0.1, -0.05) is 20.8 Å². The number of nitro groups is 1. The van der Waals surface area contributed by atoms with E-state index in [2.05, 4.69) is 66.3 Å². The van der Waals surface area contributed by atoms with Gasteiger partial charge in [0.25, 0.3) is 0 Å². The molecule has 8 heteroatoms. The zero-order chi connectivity index (χ0) is 18.1. The van der Waals surface area contributed by atoms with Crippen molar-refractivity contribution in [3.63, 3.8) is 0 Å². The highest BCUT2D eigenvalue weighted by Gasteiger charge is 2.38. The van der Waals surface area contributed by atoms with E-state index in [9.17, 15) is 10.1 Å². The van der Waals surface area contributed by atoms with E-state index in [0.29, 0.717) is 11.6 Å². The number of pyridine rings is 1. The molecular weight excluding hydrogens is 437 g/mol. The second-order valence-electron chi connectivity index (χ2n) is 7.92. The molecule has 1 atom stereocenters. The molecule has 0 unspecified atom stereocenters. The van der Waals surface area contributed by atoms with Crippen LogP contribution < -0.4 is 4.90 Å². The lowest BCUT2D eigenvalue weighted by molar-refractivity contribution is -0.384. The molecule has 134 valence electrons. The molecule has 2 heterocycles. The van der Waals surface area contributed by atoms with E-state index in [1.165, 1.54) is 6.20 Å². The quantitative estimate of drug-likeness (QED) is 0.280. The Bertz CT molecular complexity index is 619. The molecule has 0 amide bonds. The molecule has 0 radical (unpaired) electrons. The molecule has 1 aliphatic heterocycles. The van der Waals surface area contributed by atoms with Crippen molar-refractivity contribution in [3.05, 3.63) is 26.1 Å². The summed E-state index contributed by atoms with van der Waals surface area (Å²) in [5, 5.41) is 11.5. The predicted molar refractivity (Wildman–Crippen MR) is 107 cm³/mol. The highest BCUT2D eigenvalue weighted by Crippen LogP contribution is 2.38. The average Bonchev–Trinajstić information content (AvgIpc) is 2.92. The van der Waals surface area contributed by atoms with Crippen LogP contribution in [0.15, 0.2) is 12.4 Å². The molecule has 0 N–H and O–H groups in total. The monoisotopic (exact) mass is 463 g/mol. The van der Waals surface area contributed by atoms with Gasteiger partial charge >= 0.3 is 5.69 Å². The lowest BCUT2D eigenvalue weighted by atomic mass is 10.1. The van der Waals surface area contributed by atoms with Gasteiger partial charge in [0.2, 0.25) is 0 Å². The summed E-state index contributed by atoms with van der Waals surface area (Å²) >= 11 is 2.13. The second-order valence-corrected chi connectivity index (χ2v) is 13.9. The van der Waals surface area contributed by atoms with E-state index in [1.54, 1.807) is 6.20 Å². The van der Waals surface area contributed by atoms with Crippen LogP contribution in [-0.4, -0.2) is 37.9 Å². The van der Waals surface area contributed by atoms with E-state index >= 15 is 0 Å². The summed E-state index contributed by atoms with van der Waals surface area (Å²) in [6, 6.07) is 0. The number of hydrogen-bond acceptors (Lipinski definition) is 5. The summed E-state index contributed by atoms with van der Waals surface area (Å²) in [7, 11) is -1.75. The molecule has 1 aromatic rings. The first kappa shape index (κ1) is 19.6. The van der Waals surface area contributed by atoms with Crippen molar-refractivity contribution in [1.29, 1.82) is 0 Å². The fourth-order valence-corrected chi connectivity index (χ4v) is 4.44. The molecule has 0 aromatic carbocycles. The number of halogens is 1. The van der Waals surface area contributed by atoms with E-state index < -0.39 is 8.32 Å². The summed E-state index contributed by atoms with van der Waals surface area (Å²) in [6.45, 7) is 13.6. The Hall–Kier alpha value is -0.743. The SMILES string of the molecule is CC(C)(C)[Si](C)(C)OC[C@H]1CCN(c2c(I)cncc2[N+](=O)[O-])C1. The smallest absolute Gasteiger partial charge is 0.311 e. The molecular formula is C16H26IN3O3Si. The maximum absolute atomic E-state index is 11.3. The van der Waals surface area contributed by atoms with Gasteiger partial charge < -0.3 is 9.33 Å². The maximum atomic E-state index is 11.3. The molecule has 1 saturated heterocycles. The number of rotatable bonds is 5. The van der Waals surface area contributed by atoms with Crippen LogP contribution in [-0.2, 0) is 4.43 Å². The van der Waals surface area contributed by atoms with Crippen molar-refractivity contribution in [2.45, 2.75) is 45.3 Å². The Labute approximate surface area is 158 Å². The summed E-state index contributed by atoms with van der Waals surface area (Å²) in [4.78, 5) is 17.0. The highest BCUT2D eigenvalue weighted by molar-refractivity contribution is 14.1. The van der Waals surface area contributed by atoms with E-state index in [0.717, 1.165) is 29.7 Å². The molecule has 24 heavy (non-hydrogen) atoms. The lowest BCUT2D eigenvalue weighted by Crippen LogP contribution is -2.42. The molecule has 1 fully saturated rings. The van der Waals surface area contributed by atoms with Gasteiger partial charge in [-0.25, -0.2) is 0 Å². The Morgan fingerprint density at radius 2 is 2.12 bits per heavy atom. The minimum atomic E-state index is -1.75. The number of anilines is 1. The highest BCUT2D eigenvalue weighted by atomic mass is 127. The van der Waals surface area contributed by atoms with Crippen LogP contribution in [0, 0.1) is 19.6 Å². The van der Waals surface area contributed by atoms with Crippen LogP contribution in [0.1, 0.15) is 27.2 Å². The Morgan fingerprint density at radius 3 is 2.71 bits per heavy atom. The predicted octanol–water partition coefficient (Wildman–Crippen LogP) is 4.44. The second kappa shape index (κ2) is 7.25. The minimum absolute atomic E-state index is 0.0906. The van der Waals surface area contributed by atoms with Crippen LogP contribution >= 0.6 is 22.6 Å². The number of nitrogens with zero attached hydrogens (tertiary/aromatic N) is 3. The van der Waals surface area contributed by atoms with Gasteiger partial charge in [-0.15, -0.1) is 0 Å².